The number of aryl methyl sites for hydroxylation is 1. The van der Waals surface area contributed by atoms with Crippen LogP contribution in [0.4, 0.5) is 5.69 Å². The van der Waals surface area contributed by atoms with Crippen molar-refractivity contribution >= 4 is 23.6 Å². The molecular weight excluding hydrogens is 422 g/mol. The van der Waals surface area contributed by atoms with E-state index in [4.69, 9.17) is 14.2 Å². The quantitative estimate of drug-likeness (QED) is 0.473. The summed E-state index contributed by atoms with van der Waals surface area (Å²) in [6, 6.07) is 7.64. The van der Waals surface area contributed by atoms with Gasteiger partial charge in [0.15, 0.2) is 0 Å². The summed E-state index contributed by atoms with van der Waals surface area (Å²) in [5, 5.41) is 0. The largest absolute Gasteiger partial charge is 0.468 e. The van der Waals surface area contributed by atoms with Gasteiger partial charge in [-0.25, -0.2) is 9.59 Å². The van der Waals surface area contributed by atoms with Gasteiger partial charge in [0.25, 0.3) is 0 Å². The molecule has 0 unspecified atom stereocenters. The van der Waals surface area contributed by atoms with Gasteiger partial charge in [-0.15, -0.1) is 0 Å². The van der Waals surface area contributed by atoms with Gasteiger partial charge in [-0.1, -0.05) is 17.7 Å². The minimum Gasteiger partial charge on any atom is -0.468 e. The molecule has 1 heterocycles. The van der Waals surface area contributed by atoms with Crippen LogP contribution >= 0.6 is 0 Å². The number of hydrogen-bond donors (Lipinski definition) is 0. The summed E-state index contributed by atoms with van der Waals surface area (Å²) in [6.45, 7) is 15.9. The number of rotatable bonds is 4. The first-order valence-corrected chi connectivity index (χ1v) is 10.9. The summed E-state index contributed by atoms with van der Waals surface area (Å²) < 4.78 is 16.3. The summed E-state index contributed by atoms with van der Waals surface area (Å²) in [4.78, 5) is 41.5. The van der Waals surface area contributed by atoms with Gasteiger partial charge in [0.1, 0.15) is 17.1 Å². The van der Waals surface area contributed by atoms with E-state index in [1.807, 2.05) is 31.2 Å². The fraction of sp³-hybridized carbons (Fsp3) is 0.500. The molecule has 0 bridgehead atoms. The van der Waals surface area contributed by atoms with Crippen molar-refractivity contribution in [2.24, 2.45) is 5.92 Å². The van der Waals surface area contributed by atoms with Crippen molar-refractivity contribution in [1.82, 2.24) is 0 Å². The maximum absolute atomic E-state index is 13.4. The predicted molar refractivity (Wildman–Crippen MR) is 126 cm³/mol. The number of nitrogens with zero attached hydrogens (tertiary/aromatic N) is 1. The number of carbonyl (C=O) groups is 3. The van der Waals surface area contributed by atoms with Crippen LogP contribution in [0.5, 0.6) is 0 Å². The van der Waals surface area contributed by atoms with Gasteiger partial charge in [0.05, 0.1) is 18.3 Å². The lowest BCUT2D eigenvalue weighted by atomic mass is 9.84. The van der Waals surface area contributed by atoms with Gasteiger partial charge >= 0.3 is 17.9 Å². The Bertz CT molecular complexity index is 951. The van der Waals surface area contributed by atoms with Gasteiger partial charge in [-0.3, -0.25) is 4.79 Å². The van der Waals surface area contributed by atoms with E-state index in [0.29, 0.717) is 11.4 Å². The highest BCUT2D eigenvalue weighted by molar-refractivity contribution is 6.07. The molecule has 0 radical (unpaired) electrons. The van der Waals surface area contributed by atoms with Crippen LogP contribution in [0.15, 0.2) is 46.8 Å². The molecule has 0 aliphatic carbocycles. The first kappa shape index (κ1) is 26.2. The zero-order valence-electron chi connectivity index (χ0n) is 21.3. The average Bonchev–Trinajstić information content (AvgIpc) is 2.65. The van der Waals surface area contributed by atoms with Crippen molar-refractivity contribution in [2.75, 3.05) is 12.0 Å². The predicted octanol–water partition coefficient (Wildman–Crippen LogP) is 4.84. The molecule has 1 aliphatic heterocycles. The van der Waals surface area contributed by atoms with E-state index < -0.39 is 35.0 Å². The molecule has 2 rings (SSSR count). The molecule has 7 heteroatoms. The van der Waals surface area contributed by atoms with E-state index in [-0.39, 0.29) is 11.1 Å². The Morgan fingerprint density at radius 3 is 1.48 bits per heavy atom. The van der Waals surface area contributed by atoms with E-state index in [0.717, 1.165) is 11.3 Å². The SMILES string of the molecule is COC(=O)C1C(C(=O)OC(C)(C)C)=C(C)N(c2ccc(C)cc2)C(C)=C1C(=O)OC(C)(C)C. The van der Waals surface area contributed by atoms with Gasteiger partial charge in [-0.05, 0) is 74.4 Å². The van der Waals surface area contributed by atoms with Crippen LogP contribution in [-0.2, 0) is 28.6 Å². The Morgan fingerprint density at radius 2 is 1.15 bits per heavy atom. The first-order chi connectivity index (χ1) is 15.1. The van der Waals surface area contributed by atoms with E-state index in [9.17, 15) is 14.4 Å². The van der Waals surface area contributed by atoms with Crippen molar-refractivity contribution in [3.05, 3.63) is 52.4 Å². The van der Waals surface area contributed by atoms with Crippen LogP contribution in [0.1, 0.15) is 61.0 Å². The third-order valence-corrected chi connectivity index (χ3v) is 4.99. The molecule has 0 saturated carbocycles. The molecule has 0 amide bonds. The Balaban J connectivity index is 2.82. The number of hydrogen-bond acceptors (Lipinski definition) is 7. The maximum atomic E-state index is 13.4. The van der Waals surface area contributed by atoms with E-state index in [1.54, 1.807) is 60.3 Å². The number of anilines is 1. The van der Waals surface area contributed by atoms with Crippen molar-refractivity contribution in [3.63, 3.8) is 0 Å². The summed E-state index contributed by atoms with van der Waals surface area (Å²) in [5.41, 5.74) is 1.24. The number of carbonyl (C=O) groups excluding carboxylic acids is 3. The topological polar surface area (TPSA) is 82.1 Å². The minimum absolute atomic E-state index is 0.0452. The minimum atomic E-state index is -1.28. The van der Waals surface area contributed by atoms with Gasteiger partial charge in [-0.2, -0.15) is 0 Å². The van der Waals surface area contributed by atoms with E-state index in [2.05, 4.69) is 0 Å². The zero-order chi connectivity index (χ0) is 25.3. The fourth-order valence-corrected chi connectivity index (χ4v) is 3.69. The third kappa shape index (κ3) is 6.03. The van der Waals surface area contributed by atoms with Gasteiger partial charge in [0.2, 0.25) is 0 Å². The first-order valence-electron chi connectivity index (χ1n) is 10.9. The second kappa shape index (κ2) is 9.41. The zero-order valence-corrected chi connectivity index (χ0v) is 21.3. The van der Waals surface area contributed by atoms with Gasteiger partial charge < -0.3 is 19.1 Å². The lowest BCUT2D eigenvalue weighted by molar-refractivity contribution is -0.156. The number of ether oxygens (including phenoxy) is 3. The van der Waals surface area contributed by atoms with Crippen LogP contribution in [0.25, 0.3) is 0 Å². The maximum Gasteiger partial charge on any atom is 0.337 e. The standard InChI is InChI=1S/C26H35NO6/c1-15-11-13-18(14-12-15)27-16(2)19(23(29)32-25(4,5)6)21(22(28)31-10)20(17(27)3)24(30)33-26(7,8)9/h11-14,21H,1-10H3. The monoisotopic (exact) mass is 457 g/mol. The number of benzene rings is 1. The van der Waals surface area contributed by atoms with Crippen molar-refractivity contribution in [2.45, 2.75) is 73.5 Å². The Morgan fingerprint density at radius 1 is 0.758 bits per heavy atom. The molecular formula is C26H35NO6. The highest BCUT2D eigenvalue weighted by atomic mass is 16.6. The second-order valence-electron chi connectivity index (χ2n) is 10.1. The molecule has 0 atom stereocenters. The highest BCUT2D eigenvalue weighted by Crippen LogP contribution is 2.41. The molecule has 0 aromatic heterocycles. The smallest absolute Gasteiger partial charge is 0.337 e. The van der Waals surface area contributed by atoms with Crippen molar-refractivity contribution < 1.29 is 28.6 Å². The molecule has 1 aromatic rings. The summed E-state index contributed by atoms with van der Waals surface area (Å²) in [7, 11) is 1.22. The molecule has 0 N–H and O–H groups in total. The number of allylic oxidation sites excluding steroid dienone is 2. The lowest BCUT2D eigenvalue weighted by Gasteiger charge is -2.38. The highest BCUT2D eigenvalue weighted by Gasteiger charge is 2.46. The van der Waals surface area contributed by atoms with Crippen LogP contribution in [-0.4, -0.2) is 36.2 Å². The Kier molecular flexibility index (Phi) is 7.46. The van der Waals surface area contributed by atoms with E-state index >= 15 is 0 Å². The molecule has 0 spiro atoms. The molecule has 0 fully saturated rings. The summed E-state index contributed by atoms with van der Waals surface area (Å²) in [6.07, 6.45) is 0. The molecule has 33 heavy (non-hydrogen) atoms. The third-order valence-electron chi connectivity index (χ3n) is 4.99. The van der Waals surface area contributed by atoms with Crippen LogP contribution in [0.3, 0.4) is 0 Å². The fourth-order valence-electron chi connectivity index (χ4n) is 3.69. The molecule has 0 saturated heterocycles. The van der Waals surface area contributed by atoms with Crippen LogP contribution in [0, 0.1) is 12.8 Å². The summed E-state index contributed by atoms with van der Waals surface area (Å²) >= 11 is 0. The van der Waals surface area contributed by atoms with Gasteiger partial charge in [0, 0.05) is 17.1 Å². The molecule has 1 aliphatic rings. The molecule has 180 valence electrons. The second-order valence-corrected chi connectivity index (χ2v) is 10.1. The average molecular weight is 458 g/mol. The normalized spacial score (nSPS) is 15.5. The lowest BCUT2D eigenvalue weighted by Crippen LogP contribution is -2.42. The summed E-state index contributed by atoms with van der Waals surface area (Å²) in [5.74, 6) is -3.40. The Labute approximate surface area is 196 Å². The Hall–Kier alpha value is -3.09. The molecule has 7 nitrogen and oxygen atoms in total. The van der Waals surface area contributed by atoms with E-state index in [1.165, 1.54) is 7.11 Å². The number of methoxy groups -OCH3 is 1. The molecule has 1 aromatic carbocycles. The van der Waals surface area contributed by atoms with Crippen LogP contribution in [0.2, 0.25) is 0 Å². The van der Waals surface area contributed by atoms with Crippen molar-refractivity contribution in [1.29, 1.82) is 0 Å². The number of esters is 3. The van der Waals surface area contributed by atoms with Crippen LogP contribution < -0.4 is 4.90 Å². The van der Waals surface area contributed by atoms with Crippen molar-refractivity contribution in [3.8, 4) is 0 Å².